The van der Waals surface area contributed by atoms with Gasteiger partial charge < -0.3 is 5.11 Å². The lowest BCUT2D eigenvalue weighted by molar-refractivity contribution is 0.282. The van der Waals surface area contributed by atoms with Crippen molar-refractivity contribution >= 4 is 21.6 Å². The van der Waals surface area contributed by atoms with Crippen LogP contribution in [0.15, 0.2) is 24.3 Å². The van der Waals surface area contributed by atoms with Gasteiger partial charge in [-0.05, 0) is 37.1 Å². The smallest absolute Gasteiger partial charge is 0.152 e. The van der Waals surface area contributed by atoms with E-state index in [2.05, 4.69) is 0 Å². The number of thioether (sulfide) groups is 1. The Labute approximate surface area is 120 Å². The normalized spacial score (nSPS) is 12.0. The lowest BCUT2D eigenvalue weighted by atomic mass is 10.2. The maximum Gasteiger partial charge on any atom is 0.152 e. The van der Waals surface area contributed by atoms with Crippen LogP contribution in [0, 0.1) is 0 Å². The highest BCUT2D eigenvalue weighted by Crippen LogP contribution is 2.15. The third kappa shape index (κ3) is 5.97. The van der Waals surface area contributed by atoms with E-state index in [1.165, 1.54) is 5.56 Å². The third-order valence-electron chi connectivity index (χ3n) is 2.91. The van der Waals surface area contributed by atoms with Gasteiger partial charge in [-0.3, -0.25) is 0 Å². The summed E-state index contributed by atoms with van der Waals surface area (Å²) in [4.78, 5) is 0. The first-order chi connectivity index (χ1) is 8.95. The van der Waals surface area contributed by atoms with Crippen LogP contribution in [-0.4, -0.2) is 30.3 Å². The van der Waals surface area contributed by atoms with Crippen LogP contribution in [0.4, 0.5) is 0 Å². The fourth-order valence-corrected chi connectivity index (χ4v) is 3.65. The summed E-state index contributed by atoms with van der Waals surface area (Å²) in [7, 11) is -2.89. The van der Waals surface area contributed by atoms with Gasteiger partial charge in [0.25, 0.3) is 0 Å². The van der Waals surface area contributed by atoms with Gasteiger partial charge in [0.2, 0.25) is 0 Å². The average Bonchev–Trinajstić information content (AvgIpc) is 2.38. The van der Waals surface area contributed by atoms with Gasteiger partial charge in [0.1, 0.15) is 0 Å². The van der Waals surface area contributed by atoms with Gasteiger partial charge in [0.05, 0.1) is 17.6 Å². The van der Waals surface area contributed by atoms with Crippen molar-refractivity contribution in [1.29, 1.82) is 0 Å². The Morgan fingerprint density at radius 2 is 1.74 bits per heavy atom. The molecule has 0 spiro atoms. The van der Waals surface area contributed by atoms with Gasteiger partial charge in [-0.1, -0.05) is 24.3 Å². The molecule has 0 aliphatic rings. The molecule has 0 unspecified atom stereocenters. The predicted molar refractivity (Wildman–Crippen MR) is 82.1 cm³/mol. The molecule has 0 saturated carbocycles. The third-order valence-corrected chi connectivity index (χ3v) is 6.32. The van der Waals surface area contributed by atoms with Gasteiger partial charge in [0.15, 0.2) is 9.84 Å². The fourth-order valence-electron chi connectivity index (χ4n) is 1.53. The van der Waals surface area contributed by atoms with Crippen molar-refractivity contribution in [2.45, 2.75) is 37.9 Å². The van der Waals surface area contributed by atoms with Crippen LogP contribution < -0.4 is 0 Å². The Morgan fingerprint density at radius 1 is 1.16 bits per heavy atom. The number of aliphatic hydroxyl groups is 1. The summed E-state index contributed by atoms with van der Waals surface area (Å²) in [5.41, 5.74) is 2.12. The van der Waals surface area contributed by atoms with Gasteiger partial charge in [-0.25, -0.2) is 8.42 Å². The van der Waals surface area contributed by atoms with Gasteiger partial charge in [-0.2, -0.15) is 11.8 Å². The maximum atomic E-state index is 11.6. The predicted octanol–water partition coefficient (Wildman–Crippen LogP) is 2.63. The van der Waals surface area contributed by atoms with Crippen molar-refractivity contribution in [3.05, 3.63) is 35.4 Å². The molecule has 0 aromatic heterocycles. The molecular formula is C14H22O3S2. The molecule has 0 saturated heterocycles. The summed E-state index contributed by atoms with van der Waals surface area (Å²) in [5.74, 6) is 2.02. The van der Waals surface area contributed by atoms with Gasteiger partial charge >= 0.3 is 0 Å². The van der Waals surface area contributed by atoms with E-state index in [9.17, 15) is 8.42 Å². The minimum absolute atomic E-state index is 0.0699. The van der Waals surface area contributed by atoms with Crippen LogP contribution in [0.3, 0.4) is 0 Å². The van der Waals surface area contributed by atoms with Gasteiger partial charge in [-0.15, -0.1) is 0 Å². The second-order valence-electron chi connectivity index (χ2n) is 4.80. The van der Waals surface area contributed by atoms with Crippen LogP contribution in [-0.2, 0) is 22.2 Å². The van der Waals surface area contributed by atoms with Crippen molar-refractivity contribution < 1.29 is 13.5 Å². The molecule has 1 N–H and O–H groups in total. The van der Waals surface area contributed by atoms with E-state index < -0.39 is 9.84 Å². The summed E-state index contributed by atoms with van der Waals surface area (Å²) in [5, 5.41) is 8.66. The van der Waals surface area contributed by atoms with Crippen LogP contribution in [0.2, 0.25) is 0 Å². The first-order valence-electron chi connectivity index (χ1n) is 6.43. The molecule has 5 heteroatoms. The standard InChI is InChI=1S/C14H22O3S2/c1-12(2)19(16,17)9-3-8-18-11-14-6-4-13(10-15)5-7-14/h4-7,12,15H,3,8-11H2,1-2H3. The quantitative estimate of drug-likeness (QED) is 0.750. The van der Waals surface area contributed by atoms with E-state index in [-0.39, 0.29) is 17.6 Å². The number of rotatable bonds is 8. The Morgan fingerprint density at radius 3 is 2.26 bits per heavy atom. The van der Waals surface area contributed by atoms with Crippen molar-refractivity contribution in [2.75, 3.05) is 11.5 Å². The van der Waals surface area contributed by atoms with Crippen molar-refractivity contribution in [1.82, 2.24) is 0 Å². The number of aliphatic hydroxyl groups excluding tert-OH is 1. The first kappa shape index (κ1) is 16.5. The minimum atomic E-state index is -2.89. The first-order valence-corrected chi connectivity index (χ1v) is 9.30. The molecule has 0 heterocycles. The molecule has 19 heavy (non-hydrogen) atoms. The molecule has 0 atom stereocenters. The van der Waals surface area contributed by atoms with Crippen LogP contribution >= 0.6 is 11.8 Å². The fraction of sp³-hybridized carbons (Fsp3) is 0.571. The molecule has 1 aromatic rings. The number of hydrogen-bond acceptors (Lipinski definition) is 4. The van der Waals surface area contributed by atoms with Gasteiger partial charge in [0, 0.05) is 5.75 Å². The Hall–Kier alpha value is -0.520. The SMILES string of the molecule is CC(C)S(=O)(=O)CCCSCc1ccc(CO)cc1. The van der Waals surface area contributed by atoms with E-state index in [4.69, 9.17) is 5.11 Å². The molecule has 0 aliphatic heterocycles. The molecular weight excluding hydrogens is 280 g/mol. The Kier molecular flexibility index (Phi) is 6.89. The highest BCUT2D eigenvalue weighted by molar-refractivity contribution is 7.98. The number of sulfone groups is 1. The van der Waals surface area contributed by atoms with Crippen molar-refractivity contribution in [2.24, 2.45) is 0 Å². The second kappa shape index (κ2) is 7.92. The molecule has 0 aliphatic carbocycles. The zero-order chi connectivity index (χ0) is 14.3. The Balaban J connectivity index is 2.24. The molecule has 0 radical (unpaired) electrons. The van der Waals surface area contributed by atoms with E-state index >= 15 is 0 Å². The Bertz CT molecular complexity index is 464. The molecule has 108 valence electrons. The van der Waals surface area contributed by atoms with Crippen LogP contribution in [0.5, 0.6) is 0 Å². The number of hydrogen-bond donors (Lipinski definition) is 1. The van der Waals surface area contributed by atoms with Crippen molar-refractivity contribution in [3.63, 3.8) is 0 Å². The zero-order valence-electron chi connectivity index (χ0n) is 11.5. The van der Waals surface area contributed by atoms with E-state index in [0.29, 0.717) is 6.42 Å². The number of benzene rings is 1. The highest BCUT2D eigenvalue weighted by Gasteiger charge is 2.14. The largest absolute Gasteiger partial charge is 0.392 e. The zero-order valence-corrected chi connectivity index (χ0v) is 13.1. The minimum Gasteiger partial charge on any atom is -0.392 e. The van der Waals surface area contributed by atoms with Crippen molar-refractivity contribution in [3.8, 4) is 0 Å². The van der Waals surface area contributed by atoms with E-state index in [1.807, 2.05) is 24.3 Å². The summed E-state index contributed by atoms with van der Waals surface area (Å²) >= 11 is 1.75. The molecule has 1 aromatic carbocycles. The summed E-state index contributed by atoms with van der Waals surface area (Å²) in [6, 6.07) is 7.84. The van der Waals surface area contributed by atoms with E-state index in [0.717, 1.165) is 17.1 Å². The second-order valence-corrected chi connectivity index (χ2v) is 8.58. The molecule has 1 rings (SSSR count). The summed E-state index contributed by atoms with van der Waals surface area (Å²) in [6.07, 6.45) is 0.708. The topological polar surface area (TPSA) is 54.4 Å². The van der Waals surface area contributed by atoms with E-state index in [1.54, 1.807) is 25.6 Å². The lowest BCUT2D eigenvalue weighted by Gasteiger charge is -2.07. The lowest BCUT2D eigenvalue weighted by Crippen LogP contribution is -2.18. The summed E-state index contributed by atoms with van der Waals surface area (Å²) < 4.78 is 23.2. The average molecular weight is 302 g/mol. The maximum absolute atomic E-state index is 11.6. The monoisotopic (exact) mass is 302 g/mol. The van der Waals surface area contributed by atoms with Crippen LogP contribution in [0.25, 0.3) is 0 Å². The molecule has 0 fully saturated rings. The molecule has 0 amide bonds. The molecule has 0 bridgehead atoms. The molecule has 3 nitrogen and oxygen atoms in total. The van der Waals surface area contributed by atoms with Crippen LogP contribution in [0.1, 0.15) is 31.4 Å². The highest BCUT2D eigenvalue weighted by atomic mass is 32.2. The summed E-state index contributed by atoms with van der Waals surface area (Å²) in [6.45, 7) is 3.52.